The molecule has 2 aromatic carbocycles. The summed E-state index contributed by atoms with van der Waals surface area (Å²) in [6, 6.07) is 10.9. The number of aryl methyl sites for hydroxylation is 1. The molecule has 5 aliphatic rings. The molecule has 1 saturated heterocycles. The molecule has 2 aromatic rings. The molecule has 1 spiro atoms. The summed E-state index contributed by atoms with van der Waals surface area (Å²) in [6.07, 6.45) is 8.13. The number of carbonyl (C=O) groups is 2. The predicted octanol–water partition coefficient (Wildman–Crippen LogP) is 4.81. The number of halogens is 1. The van der Waals surface area contributed by atoms with Crippen molar-refractivity contribution in [3.63, 3.8) is 0 Å². The summed E-state index contributed by atoms with van der Waals surface area (Å²) < 4.78 is 48.1. The molecule has 50 heavy (non-hydrogen) atoms. The minimum absolute atomic E-state index is 0.0281. The number of amides is 2. The SMILES string of the molecule is CN1CC[C@@H](NC(=O)O[C@H]2C=CCOC(C)(C)C(=O)NS(=O)(=O)c3ccc4c(c3)N(C[C@@H]3CC[C@H]32)C[C@@]2(CCCc3cc(Cl)ccc32)CO4)C1. The van der Waals surface area contributed by atoms with Crippen molar-refractivity contribution in [2.24, 2.45) is 11.8 Å². The second kappa shape index (κ2) is 13.7. The van der Waals surface area contributed by atoms with Crippen LogP contribution in [0.1, 0.15) is 57.1 Å². The molecule has 5 atom stereocenters. The number of nitrogens with zero attached hydrogens (tertiary/aromatic N) is 2. The number of ether oxygens (including phenoxy) is 3. The van der Waals surface area contributed by atoms with Gasteiger partial charge in [-0.1, -0.05) is 23.7 Å². The Bertz CT molecular complexity index is 1780. The number of anilines is 1. The lowest BCUT2D eigenvalue weighted by Crippen LogP contribution is -2.50. The molecule has 7 rings (SSSR count). The van der Waals surface area contributed by atoms with Crippen molar-refractivity contribution in [1.29, 1.82) is 0 Å². The zero-order chi connectivity index (χ0) is 35.3. The van der Waals surface area contributed by atoms with E-state index in [1.807, 2.05) is 25.3 Å². The molecule has 2 bridgehead atoms. The van der Waals surface area contributed by atoms with Crippen LogP contribution in [0.2, 0.25) is 5.02 Å². The van der Waals surface area contributed by atoms with E-state index in [2.05, 4.69) is 25.9 Å². The third-order valence-electron chi connectivity index (χ3n) is 11.3. The zero-order valence-electron chi connectivity index (χ0n) is 29.0. The van der Waals surface area contributed by atoms with Gasteiger partial charge in [0.2, 0.25) is 0 Å². The second-order valence-corrected chi connectivity index (χ2v) is 17.3. The standard InChI is InChI=1S/C37H47ClN4O7S/c1-36(2)34(43)40-50(45,46)28-10-13-33-31(19-28)42(22-37(23-47-33)15-4-6-24-18-26(38)9-12-30(24)37)20-25-8-11-29(25)32(7-5-17-48-36)49-35(44)39-27-14-16-41(3)21-27/h5,7,9-10,12-13,18-19,25,27,29,32H,4,6,8,11,14-17,20-23H2,1-3H3,(H,39,44)(H,40,43)/t25-,27+,29+,32-,37-/m0/s1. The summed E-state index contributed by atoms with van der Waals surface area (Å²) in [6.45, 7) is 6.41. The summed E-state index contributed by atoms with van der Waals surface area (Å²) in [5.74, 6) is -0.0234. The third-order valence-corrected chi connectivity index (χ3v) is 12.8. The summed E-state index contributed by atoms with van der Waals surface area (Å²) in [4.78, 5) is 30.9. The molecule has 3 heterocycles. The zero-order valence-corrected chi connectivity index (χ0v) is 30.5. The number of carbonyl (C=O) groups excluding carboxylic acids is 2. The monoisotopic (exact) mass is 726 g/mol. The van der Waals surface area contributed by atoms with Gasteiger partial charge in [-0.05, 0) is 119 Å². The molecule has 3 aliphatic heterocycles. The van der Waals surface area contributed by atoms with Gasteiger partial charge in [-0.25, -0.2) is 17.9 Å². The maximum Gasteiger partial charge on any atom is 0.407 e. The first kappa shape index (κ1) is 35.1. The first-order valence-electron chi connectivity index (χ1n) is 17.7. The van der Waals surface area contributed by atoms with Crippen molar-refractivity contribution in [2.45, 2.75) is 80.4 Å². The smallest absolute Gasteiger partial charge is 0.407 e. The lowest BCUT2D eigenvalue weighted by atomic mass is 9.68. The van der Waals surface area contributed by atoms with Gasteiger partial charge in [-0.15, -0.1) is 0 Å². The molecule has 13 heteroatoms. The summed E-state index contributed by atoms with van der Waals surface area (Å²) in [5.41, 5.74) is 1.26. The summed E-state index contributed by atoms with van der Waals surface area (Å²) >= 11 is 6.44. The van der Waals surface area contributed by atoms with Gasteiger partial charge in [-0.2, -0.15) is 0 Å². The van der Waals surface area contributed by atoms with Gasteiger partial charge in [0.15, 0.2) is 0 Å². The number of benzene rings is 2. The van der Waals surface area contributed by atoms with Crippen molar-refractivity contribution in [3.05, 3.63) is 64.7 Å². The van der Waals surface area contributed by atoms with Crippen LogP contribution in [0.4, 0.5) is 10.5 Å². The van der Waals surface area contributed by atoms with Gasteiger partial charge in [0.1, 0.15) is 17.5 Å². The van der Waals surface area contributed by atoms with E-state index in [-0.39, 0.29) is 34.8 Å². The van der Waals surface area contributed by atoms with Crippen LogP contribution in [-0.2, 0) is 36.1 Å². The largest absolute Gasteiger partial charge is 0.490 e. The average molecular weight is 727 g/mol. The number of alkyl carbamates (subject to hydrolysis) is 1. The van der Waals surface area contributed by atoms with Crippen molar-refractivity contribution in [1.82, 2.24) is 14.9 Å². The second-order valence-electron chi connectivity index (χ2n) is 15.2. The van der Waals surface area contributed by atoms with Gasteiger partial charge in [0, 0.05) is 42.0 Å². The molecule has 2 amide bonds. The summed E-state index contributed by atoms with van der Waals surface area (Å²) in [5, 5.41) is 3.75. The van der Waals surface area contributed by atoms with E-state index in [0.717, 1.165) is 51.6 Å². The number of hydrogen-bond donors (Lipinski definition) is 2. The van der Waals surface area contributed by atoms with E-state index in [4.69, 9.17) is 25.8 Å². The van der Waals surface area contributed by atoms with Gasteiger partial charge in [0.05, 0.1) is 23.8 Å². The molecule has 270 valence electrons. The van der Waals surface area contributed by atoms with Crippen molar-refractivity contribution in [2.75, 3.05) is 51.3 Å². The molecule has 1 saturated carbocycles. The first-order chi connectivity index (χ1) is 23.8. The normalized spacial score (nSPS) is 30.6. The fourth-order valence-corrected chi connectivity index (χ4v) is 9.58. The molecule has 2 N–H and O–H groups in total. The Morgan fingerprint density at radius 3 is 2.72 bits per heavy atom. The average Bonchev–Trinajstić information content (AvgIpc) is 3.39. The molecule has 2 fully saturated rings. The van der Waals surface area contributed by atoms with Gasteiger partial charge >= 0.3 is 6.09 Å². The van der Waals surface area contributed by atoms with Crippen LogP contribution in [0.15, 0.2) is 53.4 Å². The number of nitrogens with one attached hydrogen (secondary N) is 2. The number of rotatable bonds is 2. The van der Waals surface area contributed by atoms with Crippen LogP contribution in [-0.4, -0.2) is 89.5 Å². The van der Waals surface area contributed by atoms with Crippen LogP contribution in [0.25, 0.3) is 0 Å². The van der Waals surface area contributed by atoms with Crippen LogP contribution >= 0.6 is 11.6 Å². The number of hydrogen-bond acceptors (Lipinski definition) is 9. The van der Waals surface area contributed by atoms with E-state index in [1.165, 1.54) is 31.0 Å². The topological polar surface area (TPSA) is 127 Å². The summed E-state index contributed by atoms with van der Waals surface area (Å²) in [7, 11) is -2.20. The fraction of sp³-hybridized carbons (Fsp3) is 0.568. The molecule has 2 aliphatic carbocycles. The Balaban J connectivity index is 1.25. The first-order valence-corrected chi connectivity index (χ1v) is 19.5. The van der Waals surface area contributed by atoms with Crippen LogP contribution in [0, 0.1) is 11.8 Å². The van der Waals surface area contributed by atoms with Crippen molar-refractivity contribution in [3.8, 4) is 5.75 Å². The molecule has 0 radical (unpaired) electrons. The lowest BCUT2D eigenvalue weighted by Gasteiger charge is -2.46. The highest BCUT2D eigenvalue weighted by atomic mass is 35.5. The van der Waals surface area contributed by atoms with Gasteiger partial charge < -0.3 is 29.3 Å². The van der Waals surface area contributed by atoms with Gasteiger partial charge in [-0.3, -0.25) is 4.79 Å². The Labute approximate surface area is 299 Å². The quantitative estimate of drug-likeness (QED) is 0.420. The molecule has 0 aromatic heterocycles. The maximum absolute atomic E-state index is 13.6. The number of sulfonamides is 1. The molecular formula is C37H47ClN4O7S. The van der Waals surface area contributed by atoms with E-state index in [0.29, 0.717) is 36.2 Å². The van der Waals surface area contributed by atoms with Crippen LogP contribution in [0.5, 0.6) is 5.75 Å². The van der Waals surface area contributed by atoms with Crippen LogP contribution in [0.3, 0.4) is 0 Å². The number of likely N-dealkylation sites (tertiary alicyclic amines) is 1. The highest BCUT2D eigenvalue weighted by molar-refractivity contribution is 7.90. The van der Waals surface area contributed by atoms with Crippen LogP contribution < -0.4 is 19.7 Å². The number of likely N-dealkylation sites (N-methyl/N-ethyl adjacent to an activating group) is 1. The Kier molecular flexibility index (Phi) is 9.59. The Hall–Kier alpha value is -3.32. The van der Waals surface area contributed by atoms with E-state index < -0.39 is 33.7 Å². The molecular weight excluding hydrogens is 680 g/mol. The van der Waals surface area contributed by atoms with E-state index in [1.54, 1.807) is 18.2 Å². The Morgan fingerprint density at radius 2 is 1.96 bits per heavy atom. The molecule has 11 nitrogen and oxygen atoms in total. The van der Waals surface area contributed by atoms with E-state index in [9.17, 15) is 18.0 Å². The highest BCUT2D eigenvalue weighted by Crippen LogP contribution is 2.47. The predicted molar refractivity (Wildman–Crippen MR) is 190 cm³/mol. The third kappa shape index (κ3) is 7.09. The van der Waals surface area contributed by atoms with E-state index >= 15 is 0 Å². The minimum Gasteiger partial charge on any atom is -0.490 e. The maximum atomic E-state index is 13.6. The van der Waals surface area contributed by atoms with Crippen molar-refractivity contribution < 1.29 is 32.2 Å². The van der Waals surface area contributed by atoms with Crippen molar-refractivity contribution >= 4 is 39.3 Å². The minimum atomic E-state index is -4.24. The van der Waals surface area contributed by atoms with Gasteiger partial charge in [0.25, 0.3) is 15.9 Å². The molecule has 0 unspecified atom stereocenters. The Morgan fingerprint density at radius 1 is 1.12 bits per heavy atom. The lowest BCUT2D eigenvalue weighted by molar-refractivity contribution is -0.139. The number of fused-ring (bicyclic) bond motifs is 4. The highest BCUT2D eigenvalue weighted by Gasteiger charge is 2.45. The fourth-order valence-electron chi connectivity index (χ4n) is 8.26.